The topological polar surface area (TPSA) is 60.1 Å². The predicted molar refractivity (Wildman–Crippen MR) is 69.1 cm³/mol. The molecule has 1 aromatic carbocycles. The summed E-state index contributed by atoms with van der Waals surface area (Å²) in [6, 6.07) is 5.13. The van der Waals surface area contributed by atoms with Gasteiger partial charge in [-0.3, -0.25) is 0 Å². The molecule has 0 unspecified atom stereocenters. The summed E-state index contributed by atoms with van der Waals surface area (Å²) in [6.07, 6.45) is 1.52. The van der Waals surface area contributed by atoms with Crippen molar-refractivity contribution in [2.75, 3.05) is 0 Å². The van der Waals surface area contributed by atoms with Crippen LogP contribution in [0.2, 0.25) is 5.02 Å². The zero-order valence-electron chi connectivity index (χ0n) is 9.72. The first-order valence-electron chi connectivity index (χ1n) is 5.03. The van der Waals surface area contributed by atoms with Crippen LogP contribution in [0.25, 0.3) is 0 Å². The van der Waals surface area contributed by atoms with Crippen molar-refractivity contribution in [2.24, 2.45) is 12.0 Å². The predicted octanol–water partition coefficient (Wildman–Crippen LogP) is 2.90. The molecule has 0 radical (unpaired) electrons. The standard InChI is InChI=1S/C11H9ClN4OS/c1-7-14-15-11(16(7)2)18-10-4-3-8(12)5-9(10)13-6-17/h3-5H,1-2H3. The minimum Gasteiger partial charge on any atom is -0.309 e. The van der Waals surface area contributed by atoms with E-state index in [0.717, 1.165) is 15.9 Å². The second-order valence-corrected chi connectivity index (χ2v) is 4.95. The molecule has 0 saturated heterocycles. The molecular weight excluding hydrogens is 272 g/mol. The van der Waals surface area contributed by atoms with E-state index in [1.807, 2.05) is 18.5 Å². The van der Waals surface area contributed by atoms with Crippen LogP contribution < -0.4 is 0 Å². The van der Waals surface area contributed by atoms with E-state index in [2.05, 4.69) is 15.2 Å². The number of nitrogens with zero attached hydrogens (tertiary/aromatic N) is 4. The highest BCUT2D eigenvalue weighted by Gasteiger charge is 2.10. The average molecular weight is 281 g/mol. The molecule has 0 aliphatic heterocycles. The number of isocyanates is 1. The van der Waals surface area contributed by atoms with Crippen LogP contribution in [-0.4, -0.2) is 20.8 Å². The monoisotopic (exact) mass is 280 g/mol. The summed E-state index contributed by atoms with van der Waals surface area (Å²) < 4.78 is 1.85. The molecule has 1 heterocycles. The van der Waals surface area contributed by atoms with Gasteiger partial charge in [0, 0.05) is 17.0 Å². The summed E-state index contributed by atoms with van der Waals surface area (Å²) in [6.45, 7) is 1.86. The van der Waals surface area contributed by atoms with Crippen molar-refractivity contribution < 1.29 is 4.79 Å². The first-order chi connectivity index (χ1) is 8.61. The molecule has 1 aromatic heterocycles. The number of halogens is 1. The Hall–Kier alpha value is -1.62. The zero-order valence-corrected chi connectivity index (χ0v) is 11.3. The Kier molecular flexibility index (Phi) is 3.81. The van der Waals surface area contributed by atoms with Gasteiger partial charge in [0.2, 0.25) is 6.08 Å². The van der Waals surface area contributed by atoms with E-state index in [4.69, 9.17) is 11.6 Å². The molecule has 92 valence electrons. The van der Waals surface area contributed by atoms with Gasteiger partial charge < -0.3 is 4.57 Å². The van der Waals surface area contributed by atoms with Gasteiger partial charge in [0.15, 0.2) is 5.16 Å². The van der Waals surface area contributed by atoms with E-state index in [-0.39, 0.29) is 0 Å². The van der Waals surface area contributed by atoms with Crippen LogP contribution in [0.4, 0.5) is 5.69 Å². The lowest BCUT2D eigenvalue weighted by molar-refractivity contribution is 0.565. The molecule has 18 heavy (non-hydrogen) atoms. The number of carbonyl (C=O) groups excluding carboxylic acids is 1. The van der Waals surface area contributed by atoms with Crippen LogP contribution >= 0.6 is 23.4 Å². The molecule has 0 aliphatic carbocycles. The van der Waals surface area contributed by atoms with Crippen LogP contribution in [0.1, 0.15) is 5.82 Å². The molecule has 0 spiro atoms. The second kappa shape index (κ2) is 5.35. The van der Waals surface area contributed by atoms with Gasteiger partial charge in [-0.05, 0) is 36.9 Å². The highest BCUT2D eigenvalue weighted by Crippen LogP contribution is 2.35. The van der Waals surface area contributed by atoms with Crippen molar-refractivity contribution in [3.05, 3.63) is 29.0 Å². The van der Waals surface area contributed by atoms with Gasteiger partial charge in [-0.15, -0.1) is 10.2 Å². The third-order valence-corrected chi connectivity index (χ3v) is 3.68. The SMILES string of the molecule is Cc1nnc(Sc2ccc(Cl)cc2N=C=O)n1C. The molecule has 2 aromatic rings. The Labute approximate surface area is 113 Å². The van der Waals surface area contributed by atoms with E-state index in [9.17, 15) is 4.79 Å². The zero-order chi connectivity index (χ0) is 13.1. The molecule has 0 fully saturated rings. The number of aryl methyl sites for hydroxylation is 1. The van der Waals surface area contributed by atoms with Crippen LogP contribution in [-0.2, 0) is 11.8 Å². The third-order valence-electron chi connectivity index (χ3n) is 2.34. The van der Waals surface area contributed by atoms with Crippen LogP contribution in [0, 0.1) is 6.92 Å². The maximum atomic E-state index is 10.4. The van der Waals surface area contributed by atoms with Gasteiger partial charge in [0.1, 0.15) is 5.82 Å². The molecule has 7 heteroatoms. The van der Waals surface area contributed by atoms with Crippen molar-refractivity contribution in [1.82, 2.24) is 14.8 Å². The number of hydrogen-bond acceptors (Lipinski definition) is 5. The van der Waals surface area contributed by atoms with E-state index < -0.39 is 0 Å². The smallest absolute Gasteiger partial charge is 0.240 e. The molecular formula is C11H9ClN4OS. The van der Waals surface area contributed by atoms with Gasteiger partial charge >= 0.3 is 0 Å². The van der Waals surface area contributed by atoms with Gasteiger partial charge in [-0.1, -0.05) is 11.6 Å². The van der Waals surface area contributed by atoms with Gasteiger partial charge in [-0.2, -0.15) is 4.99 Å². The number of aromatic nitrogens is 3. The van der Waals surface area contributed by atoms with Crippen molar-refractivity contribution in [1.29, 1.82) is 0 Å². The third kappa shape index (κ3) is 2.61. The number of aliphatic imine (C=N–C) groups is 1. The maximum absolute atomic E-state index is 10.4. The van der Waals surface area contributed by atoms with Gasteiger partial charge in [-0.25, -0.2) is 4.79 Å². The largest absolute Gasteiger partial charge is 0.309 e. The highest BCUT2D eigenvalue weighted by molar-refractivity contribution is 7.99. The minimum absolute atomic E-state index is 0.475. The molecule has 0 N–H and O–H groups in total. The van der Waals surface area contributed by atoms with Gasteiger partial charge in [0.25, 0.3) is 0 Å². The minimum atomic E-state index is 0.475. The van der Waals surface area contributed by atoms with E-state index in [1.165, 1.54) is 17.8 Å². The maximum Gasteiger partial charge on any atom is 0.240 e. The Morgan fingerprint density at radius 3 is 2.83 bits per heavy atom. The highest BCUT2D eigenvalue weighted by atomic mass is 35.5. The molecule has 0 bridgehead atoms. The summed E-state index contributed by atoms with van der Waals surface area (Å²) in [7, 11) is 1.87. The van der Waals surface area contributed by atoms with Crippen molar-refractivity contribution in [3.8, 4) is 0 Å². The lowest BCUT2D eigenvalue weighted by Gasteiger charge is -2.04. The fourth-order valence-electron chi connectivity index (χ4n) is 1.29. The van der Waals surface area contributed by atoms with E-state index in [1.54, 1.807) is 18.2 Å². The fourth-order valence-corrected chi connectivity index (χ4v) is 2.35. The molecule has 0 atom stereocenters. The second-order valence-electron chi connectivity index (χ2n) is 3.51. The molecule has 0 amide bonds. The Bertz CT molecular complexity index is 634. The number of hydrogen-bond donors (Lipinski definition) is 0. The molecule has 0 aliphatic rings. The quantitative estimate of drug-likeness (QED) is 0.641. The first kappa shape index (κ1) is 12.8. The Morgan fingerprint density at radius 2 is 2.22 bits per heavy atom. The number of rotatable bonds is 3. The lowest BCUT2D eigenvalue weighted by atomic mass is 10.3. The van der Waals surface area contributed by atoms with E-state index >= 15 is 0 Å². The average Bonchev–Trinajstić information content (AvgIpc) is 2.65. The van der Waals surface area contributed by atoms with Gasteiger partial charge in [0.05, 0.1) is 5.69 Å². The lowest BCUT2D eigenvalue weighted by Crippen LogP contribution is -1.93. The molecule has 0 saturated carbocycles. The van der Waals surface area contributed by atoms with E-state index in [0.29, 0.717) is 10.7 Å². The summed E-state index contributed by atoms with van der Waals surface area (Å²) in [5, 5.41) is 9.24. The van der Waals surface area contributed by atoms with Crippen molar-refractivity contribution in [3.63, 3.8) is 0 Å². The first-order valence-corrected chi connectivity index (χ1v) is 6.22. The van der Waals surface area contributed by atoms with Crippen LogP contribution in [0.5, 0.6) is 0 Å². The number of benzene rings is 1. The summed E-state index contributed by atoms with van der Waals surface area (Å²) in [4.78, 5) is 14.8. The summed E-state index contributed by atoms with van der Waals surface area (Å²) >= 11 is 7.23. The van der Waals surface area contributed by atoms with Crippen molar-refractivity contribution >= 4 is 35.1 Å². The Balaban J connectivity index is 2.40. The molecule has 2 rings (SSSR count). The molecule has 5 nitrogen and oxygen atoms in total. The van der Waals surface area contributed by atoms with Crippen molar-refractivity contribution in [2.45, 2.75) is 17.0 Å². The van der Waals surface area contributed by atoms with Crippen LogP contribution in [0.3, 0.4) is 0 Å². The fraction of sp³-hybridized carbons (Fsp3) is 0.182. The van der Waals surface area contributed by atoms with Crippen LogP contribution in [0.15, 0.2) is 33.2 Å². The summed E-state index contributed by atoms with van der Waals surface area (Å²) in [5.41, 5.74) is 0.475. The Morgan fingerprint density at radius 1 is 1.44 bits per heavy atom. The summed E-state index contributed by atoms with van der Waals surface area (Å²) in [5.74, 6) is 0.812. The normalized spacial score (nSPS) is 10.2.